The third-order valence-corrected chi connectivity index (χ3v) is 6.37. The molecule has 0 aliphatic rings. The monoisotopic (exact) mass is 538 g/mol. The van der Waals surface area contributed by atoms with Gasteiger partial charge in [0, 0.05) is 11.1 Å². The van der Waals surface area contributed by atoms with Gasteiger partial charge in [-0.2, -0.15) is 9.90 Å². The Morgan fingerprint density at radius 3 is 2.56 bits per heavy atom. The number of thiophene rings is 1. The first kappa shape index (κ1) is 25.5. The quantitative estimate of drug-likeness (QED) is 0.127. The van der Waals surface area contributed by atoms with E-state index in [1.165, 1.54) is 29.5 Å². The minimum absolute atomic E-state index is 0.287. The first-order valence-corrected chi connectivity index (χ1v) is 12.7. The molecule has 0 fully saturated rings. The minimum Gasteiger partial charge on any atom is -0.493 e. The number of hydrogen-bond donors (Lipinski definition) is 1. The highest BCUT2D eigenvalue weighted by Crippen LogP contribution is 2.29. The topological polar surface area (TPSA) is 121 Å². The van der Waals surface area contributed by atoms with Crippen LogP contribution in [0.1, 0.15) is 31.2 Å². The molecule has 0 saturated carbocycles. The number of benzene rings is 3. The molecule has 0 bridgehead atoms. The summed E-state index contributed by atoms with van der Waals surface area (Å²) in [5, 5.41) is 18.4. The molecule has 5 aromatic rings. The number of ether oxygens (including phenoxy) is 2. The minimum atomic E-state index is -0.461. The van der Waals surface area contributed by atoms with E-state index in [0.717, 1.165) is 11.1 Å². The van der Waals surface area contributed by atoms with Crippen LogP contribution in [-0.2, 0) is 6.54 Å². The number of carbonyl (C=O) groups excluding carboxylic acids is 2. The van der Waals surface area contributed by atoms with Crippen LogP contribution in [0, 0.1) is 0 Å². The average Bonchev–Trinajstić information content (AvgIpc) is 3.68. The number of methoxy groups -OCH3 is 1. The van der Waals surface area contributed by atoms with Crippen LogP contribution in [0.5, 0.6) is 11.5 Å². The molecule has 3 aromatic carbocycles. The summed E-state index contributed by atoms with van der Waals surface area (Å²) < 4.78 is 10.8. The van der Waals surface area contributed by atoms with Gasteiger partial charge in [-0.05, 0) is 58.1 Å². The van der Waals surface area contributed by atoms with Gasteiger partial charge >= 0.3 is 5.97 Å². The largest absolute Gasteiger partial charge is 0.493 e. The smallest absolute Gasteiger partial charge is 0.353 e. The first-order valence-electron chi connectivity index (χ1n) is 11.8. The van der Waals surface area contributed by atoms with Crippen LogP contribution in [0.4, 0.5) is 0 Å². The first-order chi connectivity index (χ1) is 19.1. The Bertz CT molecular complexity index is 1600. The number of carbonyl (C=O) groups is 2. The Morgan fingerprint density at radius 2 is 1.82 bits per heavy atom. The number of nitrogens with one attached hydrogen (secondary N) is 1. The van der Waals surface area contributed by atoms with Crippen molar-refractivity contribution >= 4 is 29.4 Å². The molecule has 11 heteroatoms. The van der Waals surface area contributed by atoms with E-state index < -0.39 is 5.97 Å². The summed E-state index contributed by atoms with van der Waals surface area (Å²) in [6.45, 7) is 0.417. The van der Waals surface area contributed by atoms with Crippen molar-refractivity contribution in [1.29, 1.82) is 0 Å². The van der Waals surface area contributed by atoms with Crippen molar-refractivity contribution in [1.82, 2.24) is 25.6 Å². The lowest BCUT2D eigenvalue weighted by Gasteiger charge is -2.09. The zero-order valence-corrected chi connectivity index (χ0v) is 21.5. The molecule has 0 aliphatic carbocycles. The van der Waals surface area contributed by atoms with E-state index in [1.54, 1.807) is 47.8 Å². The summed E-state index contributed by atoms with van der Waals surface area (Å²) in [4.78, 5) is 26.8. The summed E-state index contributed by atoms with van der Waals surface area (Å²) in [7, 11) is 1.48. The molecule has 1 N–H and O–H groups in total. The number of rotatable bonds is 9. The van der Waals surface area contributed by atoms with E-state index in [-0.39, 0.29) is 11.7 Å². The molecule has 0 aliphatic heterocycles. The second kappa shape index (κ2) is 11.9. The van der Waals surface area contributed by atoms with Crippen LogP contribution in [0.2, 0.25) is 0 Å². The van der Waals surface area contributed by atoms with Gasteiger partial charge in [-0.25, -0.2) is 10.2 Å². The van der Waals surface area contributed by atoms with Gasteiger partial charge in [-0.1, -0.05) is 48.5 Å². The third kappa shape index (κ3) is 6.40. The molecule has 0 radical (unpaired) electrons. The summed E-state index contributed by atoms with van der Waals surface area (Å²) in [5.74, 6) is 0.378. The summed E-state index contributed by atoms with van der Waals surface area (Å²) in [6.07, 6.45) is 1.47. The highest BCUT2D eigenvalue weighted by Gasteiger charge is 2.14. The number of aromatic nitrogens is 4. The van der Waals surface area contributed by atoms with Gasteiger partial charge in [0.05, 0.1) is 19.9 Å². The van der Waals surface area contributed by atoms with Gasteiger partial charge in [-0.15, -0.1) is 21.5 Å². The normalized spacial score (nSPS) is 10.9. The molecule has 10 nitrogen and oxygen atoms in total. The molecule has 2 heterocycles. The van der Waals surface area contributed by atoms with Crippen molar-refractivity contribution in [3.8, 4) is 22.9 Å². The fraction of sp³-hybridized carbons (Fsp3) is 0.0714. The number of tetrazole rings is 1. The Hall–Kier alpha value is -5.16. The maximum Gasteiger partial charge on any atom is 0.353 e. The number of hydrazone groups is 1. The van der Waals surface area contributed by atoms with Gasteiger partial charge < -0.3 is 9.47 Å². The van der Waals surface area contributed by atoms with Crippen molar-refractivity contribution in [2.24, 2.45) is 5.10 Å². The van der Waals surface area contributed by atoms with Crippen LogP contribution in [0.15, 0.2) is 95.4 Å². The summed E-state index contributed by atoms with van der Waals surface area (Å²) in [6, 6.07) is 25.1. The predicted octanol–water partition coefficient (Wildman–Crippen LogP) is 4.44. The zero-order valence-electron chi connectivity index (χ0n) is 20.7. The Labute approximate surface area is 227 Å². The van der Waals surface area contributed by atoms with Crippen molar-refractivity contribution in [2.75, 3.05) is 7.11 Å². The van der Waals surface area contributed by atoms with Crippen molar-refractivity contribution in [2.45, 2.75) is 6.54 Å². The molecule has 0 spiro atoms. The number of amides is 1. The second-order valence-corrected chi connectivity index (χ2v) is 9.13. The summed E-state index contributed by atoms with van der Waals surface area (Å²) in [5.41, 5.74) is 5.41. The molecule has 2 aromatic heterocycles. The second-order valence-electron chi connectivity index (χ2n) is 8.18. The van der Waals surface area contributed by atoms with Crippen LogP contribution >= 0.6 is 11.3 Å². The van der Waals surface area contributed by atoms with Gasteiger partial charge in [0.2, 0.25) is 5.82 Å². The van der Waals surface area contributed by atoms with E-state index in [2.05, 4.69) is 25.9 Å². The molecule has 0 unspecified atom stereocenters. The Balaban J connectivity index is 1.16. The van der Waals surface area contributed by atoms with E-state index in [0.29, 0.717) is 34.1 Å². The van der Waals surface area contributed by atoms with E-state index in [4.69, 9.17) is 9.47 Å². The lowest BCUT2D eigenvalue weighted by Crippen LogP contribution is -2.17. The Kier molecular flexibility index (Phi) is 7.79. The molecule has 194 valence electrons. The number of hydrogen-bond acceptors (Lipinski definition) is 9. The third-order valence-electron chi connectivity index (χ3n) is 5.52. The van der Waals surface area contributed by atoms with E-state index >= 15 is 0 Å². The summed E-state index contributed by atoms with van der Waals surface area (Å²) >= 11 is 1.29. The van der Waals surface area contributed by atoms with Crippen LogP contribution in [0.3, 0.4) is 0 Å². The van der Waals surface area contributed by atoms with Crippen molar-refractivity contribution < 1.29 is 19.1 Å². The highest BCUT2D eigenvalue weighted by atomic mass is 32.1. The number of esters is 1. The van der Waals surface area contributed by atoms with Gasteiger partial charge in [-0.3, -0.25) is 4.79 Å². The predicted molar refractivity (Wildman–Crippen MR) is 146 cm³/mol. The average molecular weight is 539 g/mol. The van der Waals surface area contributed by atoms with E-state index in [9.17, 15) is 9.59 Å². The van der Waals surface area contributed by atoms with Crippen LogP contribution < -0.4 is 14.9 Å². The van der Waals surface area contributed by atoms with Crippen molar-refractivity contribution in [3.05, 3.63) is 112 Å². The van der Waals surface area contributed by atoms with Gasteiger partial charge in [0.1, 0.15) is 4.88 Å². The molecule has 0 saturated heterocycles. The number of nitrogens with zero attached hydrogens (tertiary/aromatic N) is 5. The van der Waals surface area contributed by atoms with Gasteiger partial charge in [0.25, 0.3) is 5.91 Å². The lowest BCUT2D eigenvalue weighted by atomic mass is 10.1. The highest BCUT2D eigenvalue weighted by molar-refractivity contribution is 7.12. The molecule has 5 rings (SSSR count). The van der Waals surface area contributed by atoms with Gasteiger partial charge in [0.15, 0.2) is 11.5 Å². The van der Waals surface area contributed by atoms with E-state index in [1.807, 2.05) is 42.5 Å². The fourth-order valence-corrected chi connectivity index (χ4v) is 4.16. The van der Waals surface area contributed by atoms with Crippen molar-refractivity contribution in [3.63, 3.8) is 0 Å². The van der Waals surface area contributed by atoms with Crippen LogP contribution in [-0.4, -0.2) is 45.4 Å². The Morgan fingerprint density at radius 1 is 1.00 bits per heavy atom. The molecule has 1 amide bonds. The maximum atomic E-state index is 12.5. The lowest BCUT2D eigenvalue weighted by molar-refractivity contribution is 0.0734. The molecule has 0 atom stereocenters. The fourth-order valence-electron chi connectivity index (χ4n) is 3.56. The standard InChI is InChI=1S/C28H22N6O4S/c1-37-24-16-20(11-14-23(24)38-28(36)25-8-5-15-39-25)17-29-31-27(35)22-12-9-19(10-13-22)18-34-32-26(30-33-34)21-6-3-2-4-7-21/h2-17H,18H2,1H3,(H,31,35)/b29-17-. The zero-order chi connectivity index (χ0) is 27.0. The molecular formula is C28H22N6O4S. The molecule has 39 heavy (non-hydrogen) atoms. The maximum absolute atomic E-state index is 12.5. The van der Waals surface area contributed by atoms with Crippen LogP contribution in [0.25, 0.3) is 11.4 Å². The molecular weight excluding hydrogens is 516 g/mol. The SMILES string of the molecule is COc1cc(/C=N\NC(=O)c2ccc(Cn3nnc(-c4ccccc4)n3)cc2)ccc1OC(=O)c1cccs1.